The van der Waals surface area contributed by atoms with E-state index < -0.39 is 16.1 Å². The van der Waals surface area contributed by atoms with Gasteiger partial charge in [0, 0.05) is 38.4 Å². The standard InChI is InChI=1S/C28H34N4O5S/c1-4-31-38(35,36)26-12-7-22(8-13-26)9-14-27(33)32(20-24-5-10-25(37-3)11-6-24)21(2)28(34)30-19-23-15-17-29-18-16-23/h5-8,10-13,15-18,21,31H,4,9,14,19-20H2,1-3H3,(H,30,34). The molecule has 0 bridgehead atoms. The van der Waals surface area contributed by atoms with Gasteiger partial charge < -0.3 is 15.0 Å². The zero-order valence-corrected chi connectivity index (χ0v) is 22.7. The summed E-state index contributed by atoms with van der Waals surface area (Å²) in [6, 6.07) is 16.8. The van der Waals surface area contributed by atoms with E-state index in [0.29, 0.717) is 25.3 Å². The maximum Gasteiger partial charge on any atom is 0.242 e. The van der Waals surface area contributed by atoms with Gasteiger partial charge in [0.05, 0.1) is 12.0 Å². The van der Waals surface area contributed by atoms with Crippen LogP contribution in [0.4, 0.5) is 0 Å². The van der Waals surface area contributed by atoms with Crippen molar-refractivity contribution in [1.29, 1.82) is 0 Å². The Morgan fingerprint density at radius 3 is 2.18 bits per heavy atom. The number of benzene rings is 2. The zero-order valence-electron chi connectivity index (χ0n) is 21.9. The first-order valence-corrected chi connectivity index (χ1v) is 13.9. The smallest absolute Gasteiger partial charge is 0.242 e. The summed E-state index contributed by atoms with van der Waals surface area (Å²) in [4.78, 5) is 32.1. The van der Waals surface area contributed by atoms with Crippen LogP contribution < -0.4 is 14.8 Å². The maximum absolute atomic E-state index is 13.4. The molecule has 0 aliphatic heterocycles. The molecular weight excluding hydrogens is 504 g/mol. The number of sulfonamides is 1. The molecule has 0 spiro atoms. The zero-order chi connectivity index (χ0) is 27.5. The van der Waals surface area contributed by atoms with Gasteiger partial charge in [-0.15, -0.1) is 0 Å². The summed E-state index contributed by atoms with van der Waals surface area (Å²) in [5, 5.41) is 2.90. The summed E-state index contributed by atoms with van der Waals surface area (Å²) < 4.78 is 32.0. The molecule has 38 heavy (non-hydrogen) atoms. The summed E-state index contributed by atoms with van der Waals surface area (Å²) in [5.74, 6) is 0.257. The van der Waals surface area contributed by atoms with Crippen molar-refractivity contribution in [1.82, 2.24) is 19.9 Å². The molecule has 1 aromatic heterocycles. The van der Waals surface area contributed by atoms with Crippen LogP contribution in [0.3, 0.4) is 0 Å². The van der Waals surface area contributed by atoms with E-state index >= 15 is 0 Å². The molecule has 10 heteroatoms. The number of carbonyl (C=O) groups is 2. The molecule has 1 heterocycles. The van der Waals surface area contributed by atoms with Gasteiger partial charge in [-0.25, -0.2) is 13.1 Å². The number of methoxy groups -OCH3 is 1. The van der Waals surface area contributed by atoms with E-state index in [1.54, 1.807) is 50.4 Å². The Labute approximate surface area is 224 Å². The van der Waals surface area contributed by atoms with Crippen LogP contribution in [-0.2, 0) is 39.1 Å². The highest BCUT2D eigenvalue weighted by Crippen LogP contribution is 2.17. The Balaban J connectivity index is 1.70. The van der Waals surface area contributed by atoms with E-state index in [1.165, 1.54) is 12.1 Å². The number of amides is 2. The lowest BCUT2D eigenvalue weighted by molar-refractivity contribution is -0.140. The van der Waals surface area contributed by atoms with Gasteiger partial charge in [0.2, 0.25) is 21.8 Å². The number of nitrogens with zero attached hydrogens (tertiary/aromatic N) is 2. The van der Waals surface area contributed by atoms with Gasteiger partial charge in [0.1, 0.15) is 11.8 Å². The molecule has 1 unspecified atom stereocenters. The van der Waals surface area contributed by atoms with E-state index in [2.05, 4.69) is 15.0 Å². The van der Waals surface area contributed by atoms with Crippen molar-refractivity contribution in [2.75, 3.05) is 13.7 Å². The predicted molar refractivity (Wildman–Crippen MR) is 145 cm³/mol. The minimum absolute atomic E-state index is 0.164. The first kappa shape index (κ1) is 28.8. The predicted octanol–water partition coefficient (Wildman–Crippen LogP) is 3.05. The second-order valence-electron chi connectivity index (χ2n) is 8.76. The third-order valence-electron chi connectivity index (χ3n) is 6.09. The molecular formula is C28H34N4O5S. The molecule has 2 N–H and O–H groups in total. The van der Waals surface area contributed by atoms with Gasteiger partial charge >= 0.3 is 0 Å². The van der Waals surface area contributed by atoms with E-state index in [1.807, 2.05) is 36.4 Å². The minimum atomic E-state index is -3.54. The second kappa shape index (κ2) is 13.7. The third-order valence-corrected chi connectivity index (χ3v) is 7.65. The van der Waals surface area contributed by atoms with Crippen LogP contribution in [0.1, 0.15) is 37.0 Å². The van der Waals surface area contributed by atoms with Crippen molar-refractivity contribution in [3.05, 3.63) is 89.7 Å². The molecule has 0 aliphatic rings. The van der Waals surface area contributed by atoms with Gasteiger partial charge in [0.25, 0.3) is 0 Å². The van der Waals surface area contributed by atoms with Crippen LogP contribution in [0.25, 0.3) is 0 Å². The third kappa shape index (κ3) is 8.12. The molecule has 2 aromatic carbocycles. The summed E-state index contributed by atoms with van der Waals surface area (Å²) in [7, 11) is -1.95. The molecule has 0 fully saturated rings. The number of carbonyl (C=O) groups excluding carboxylic acids is 2. The second-order valence-corrected chi connectivity index (χ2v) is 10.5. The topological polar surface area (TPSA) is 118 Å². The van der Waals surface area contributed by atoms with Crippen LogP contribution in [-0.4, -0.2) is 49.8 Å². The molecule has 0 radical (unpaired) electrons. The molecule has 0 saturated heterocycles. The average Bonchev–Trinajstić information content (AvgIpc) is 2.94. The molecule has 3 rings (SSSR count). The number of aryl methyl sites for hydroxylation is 1. The summed E-state index contributed by atoms with van der Waals surface area (Å²) in [5.41, 5.74) is 2.60. The van der Waals surface area contributed by atoms with E-state index in [4.69, 9.17) is 4.74 Å². The summed E-state index contributed by atoms with van der Waals surface area (Å²) in [6.45, 7) is 4.32. The number of pyridine rings is 1. The fourth-order valence-electron chi connectivity index (χ4n) is 3.85. The van der Waals surface area contributed by atoms with Crippen LogP contribution in [0, 0.1) is 0 Å². The fourth-order valence-corrected chi connectivity index (χ4v) is 4.89. The number of hydrogen-bond donors (Lipinski definition) is 2. The Morgan fingerprint density at radius 2 is 1.58 bits per heavy atom. The van der Waals surface area contributed by atoms with Crippen molar-refractivity contribution in [2.24, 2.45) is 0 Å². The molecule has 3 aromatic rings. The van der Waals surface area contributed by atoms with Crippen LogP contribution in [0.15, 0.2) is 78.0 Å². The van der Waals surface area contributed by atoms with Crippen molar-refractivity contribution < 1.29 is 22.7 Å². The molecule has 2 amide bonds. The summed E-state index contributed by atoms with van der Waals surface area (Å²) in [6.07, 6.45) is 3.89. The number of hydrogen-bond acceptors (Lipinski definition) is 6. The van der Waals surface area contributed by atoms with Crippen molar-refractivity contribution >= 4 is 21.8 Å². The summed E-state index contributed by atoms with van der Waals surface area (Å²) >= 11 is 0. The molecule has 9 nitrogen and oxygen atoms in total. The molecule has 202 valence electrons. The van der Waals surface area contributed by atoms with Crippen molar-refractivity contribution in [2.45, 2.75) is 50.7 Å². The van der Waals surface area contributed by atoms with Crippen LogP contribution in [0.5, 0.6) is 5.75 Å². The average molecular weight is 539 g/mol. The van der Waals surface area contributed by atoms with Crippen LogP contribution in [0.2, 0.25) is 0 Å². The number of nitrogens with one attached hydrogen (secondary N) is 2. The molecule has 0 saturated carbocycles. The van der Waals surface area contributed by atoms with E-state index in [0.717, 1.165) is 16.7 Å². The van der Waals surface area contributed by atoms with Crippen LogP contribution >= 0.6 is 0 Å². The molecule has 0 aliphatic carbocycles. The van der Waals surface area contributed by atoms with Gasteiger partial charge in [-0.2, -0.15) is 0 Å². The lowest BCUT2D eigenvalue weighted by atomic mass is 10.1. The monoisotopic (exact) mass is 538 g/mol. The number of ether oxygens (including phenoxy) is 1. The highest BCUT2D eigenvalue weighted by molar-refractivity contribution is 7.89. The normalized spacial score (nSPS) is 12.0. The Bertz CT molecular complexity index is 1300. The lowest BCUT2D eigenvalue weighted by Gasteiger charge is -2.29. The largest absolute Gasteiger partial charge is 0.497 e. The lowest BCUT2D eigenvalue weighted by Crippen LogP contribution is -2.47. The quantitative estimate of drug-likeness (QED) is 0.345. The maximum atomic E-state index is 13.4. The van der Waals surface area contributed by atoms with Crippen molar-refractivity contribution in [3.63, 3.8) is 0 Å². The van der Waals surface area contributed by atoms with Gasteiger partial charge in [-0.05, 0) is 66.4 Å². The van der Waals surface area contributed by atoms with Gasteiger partial charge in [0.15, 0.2) is 0 Å². The number of rotatable bonds is 13. The van der Waals surface area contributed by atoms with E-state index in [9.17, 15) is 18.0 Å². The van der Waals surface area contributed by atoms with E-state index in [-0.39, 0.29) is 29.7 Å². The number of aromatic nitrogens is 1. The van der Waals surface area contributed by atoms with Gasteiger partial charge in [-0.3, -0.25) is 14.6 Å². The van der Waals surface area contributed by atoms with Crippen molar-refractivity contribution in [3.8, 4) is 5.75 Å². The Morgan fingerprint density at radius 1 is 0.947 bits per heavy atom. The highest BCUT2D eigenvalue weighted by atomic mass is 32.2. The first-order valence-electron chi connectivity index (χ1n) is 12.4. The Kier molecular flexibility index (Phi) is 10.4. The Hall–Kier alpha value is -3.76. The minimum Gasteiger partial charge on any atom is -0.497 e. The SMILES string of the molecule is CCNS(=O)(=O)c1ccc(CCC(=O)N(Cc2ccc(OC)cc2)C(C)C(=O)NCc2ccncc2)cc1. The molecule has 1 atom stereocenters. The first-order chi connectivity index (χ1) is 18.2. The van der Waals surface area contributed by atoms with Gasteiger partial charge in [-0.1, -0.05) is 31.2 Å². The highest BCUT2D eigenvalue weighted by Gasteiger charge is 2.26. The fraction of sp³-hybridized carbons (Fsp3) is 0.321.